The first-order valence-electron chi connectivity index (χ1n) is 7.59. The number of carbonyl (C=O) groups is 1. The van der Waals surface area contributed by atoms with Crippen molar-refractivity contribution in [2.45, 2.75) is 0 Å². The third-order valence-corrected chi connectivity index (χ3v) is 3.51. The summed E-state index contributed by atoms with van der Waals surface area (Å²) in [5, 5.41) is 5.64. The molecule has 0 unspecified atom stereocenters. The van der Waals surface area contributed by atoms with Crippen molar-refractivity contribution in [3.05, 3.63) is 78.2 Å². The number of hydrogen-bond donors (Lipinski definition) is 2. The number of nitrogens with one attached hydrogen (secondary N) is 2. The maximum atomic E-state index is 13.7. The molecule has 0 radical (unpaired) electrons. The van der Waals surface area contributed by atoms with Crippen LogP contribution in [0.1, 0.15) is 10.4 Å². The van der Waals surface area contributed by atoms with Crippen molar-refractivity contribution in [2.24, 2.45) is 0 Å². The van der Waals surface area contributed by atoms with E-state index >= 15 is 0 Å². The third kappa shape index (κ3) is 3.92. The quantitative estimate of drug-likeness (QED) is 0.731. The molecule has 126 valence electrons. The summed E-state index contributed by atoms with van der Waals surface area (Å²) < 4.78 is 18.9. The Kier molecular flexibility index (Phi) is 4.89. The van der Waals surface area contributed by atoms with Crippen molar-refractivity contribution in [2.75, 3.05) is 17.7 Å². The number of carbonyl (C=O) groups excluding carboxylic acids is 1. The summed E-state index contributed by atoms with van der Waals surface area (Å²) in [4.78, 5) is 16.7. The van der Waals surface area contributed by atoms with E-state index in [-0.39, 0.29) is 5.69 Å². The van der Waals surface area contributed by atoms with Crippen LogP contribution in [0, 0.1) is 5.82 Å². The third-order valence-electron chi connectivity index (χ3n) is 3.51. The Morgan fingerprint density at radius 1 is 1.08 bits per heavy atom. The van der Waals surface area contributed by atoms with Gasteiger partial charge >= 0.3 is 0 Å². The summed E-state index contributed by atoms with van der Waals surface area (Å²) in [6.07, 6.45) is 1.57. The highest BCUT2D eigenvalue weighted by atomic mass is 19.1. The summed E-state index contributed by atoms with van der Waals surface area (Å²) in [6, 6.07) is 16.5. The SMILES string of the molecule is COc1cccc(Nc2ncccc2C(=O)Nc2ccccc2F)c1. The standard InChI is InChI=1S/C19H16FN3O2/c1-25-14-7-4-6-13(12-14)22-18-15(8-5-11-21-18)19(24)23-17-10-3-2-9-16(17)20/h2-12H,1H3,(H,21,22)(H,23,24). The van der Waals surface area contributed by atoms with Crippen LogP contribution in [0.15, 0.2) is 66.9 Å². The lowest BCUT2D eigenvalue weighted by Gasteiger charge is -2.12. The van der Waals surface area contributed by atoms with Crippen LogP contribution in [0.25, 0.3) is 0 Å². The average Bonchev–Trinajstić information content (AvgIpc) is 2.64. The number of pyridine rings is 1. The molecule has 3 aromatic rings. The Labute approximate surface area is 144 Å². The molecule has 3 rings (SSSR count). The number of para-hydroxylation sites is 1. The molecule has 0 spiro atoms. The molecular formula is C19H16FN3O2. The van der Waals surface area contributed by atoms with Crippen molar-refractivity contribution >= 4 is 23.1 Å². The van der Waals surface area contributed by atoms with Gasteiger partial charge in [0.15, 0.2) is 0 Å². The van der Waals surface area contributed by atoms with Gasteiger partial charge in [-0.3, -0.25) is 4.79 Å². The van der Waals surface area contributed by atoms with Crippen LogP contribution < -0.4 is 15.4 Å². The van der Waals surface area contributed by atoms with E-state index in [0.717, 1.165) is 5.69 Å². The number of nitrogens with zero attached hydrogens (tertiary/aromatic N) is 1. The van der Waals surface area contributed by atoms with Gasteiger partial charge in [0.2, 0.25) is 0 Å². The van der Waals surface area contributed by atoms with E-state index in [1.54, 1.807) is 43.6 Å². The van der Waals surface area contributed by atoms with E-state index in [2.05, 4.69) is 15.6 Å². The first-order valence-corrected chi connectivity index (χ1v) is 7.59. The van der Waals surface area contributed by atoms with Gasteiger partial charge in [-0.1, -0.05) is 18.2 Å². The number of methoxy groups -OCH3 is 1. The normalized spacial score (nSPS) is 10.2. The zero-order chi connectivity index (χ0) is 17.6. The second-order valence-corrected chi connectivity index (χ2v) is 5.19. The number of ether oxygens (including phenoxy) is 1. The molecule has 0 atom stereocenters. The van der Waals surface area contributed by atoms with E-state index in [9.17, 15) is 9.18 Å². The Balaban J connectivity index is 1.85. The smallest absolute Gasteiger partial charge is 0.259 e. The predicted molar refractivity (Wildman–Crippen MR) is 94.9 cm³/mol. The van der Waals surface area contributed by atoms with Crippen molar-refractivity contribution < 1.29 is 13.9 Å². The molecule has 0 bridgehead atoms. The number of amides is 1. The summed E-state index contributed by atoms with van der Waals surface area (Å²) in [6.45, 7) is 0. The highest BCUT2D eigenvalue weighted by Crippen LogP contribution is 2.23. The highest BCUT2D eigenvalue weighted by molar-refractivity contribution is 6.07. The maximum Gasteiger partial charge on any atom is 0.259 e. The van der Waals surface area contributed by atoms with Gasteiger partial charge in [-0.15, -0.1) is 0 Å². The van der Waals surface area contributed by atoms with Crippen molar-refractivity contribution in [1.29, 1.82) is 0 Å². The minimum atomic E-state index is -0.498. The Morgan fingerprint density at radius 2 is 1.92 bits per heavy atom. The van der Waals surface area contributed by atoms with Crippen molar-refractivity contribution in [3.63, 3.8) is 0 Å². The predicted octanol–water partition coefficient (Wildman–Crippen LogP) is 4.23. The molecule has 6 heteroatoms. The Morgan fingerprint density at radius 3 is 2.72 bits per heavy atom. The summed E-state index contributed by atoms with van der Waals surface area (Å²) >= 11 is 0. The Bertz CT molecular complexity index is 899. The van der Waals surface area contributed by atoms with Gasteiger partial charge in [-0.25, -0.2) is 9.37 Å². The van der Waals surface area contributed by atoms with Crippen LogP contribution in [-0.2, 0) is 0 Å². The molecular weight excluding hydrogens is 321 g/mol. The average molecular weight is 337 g/mol. The van der Waals surface area contributed by atoms with E-state index in [1.807, 2.05) is 18.2 Å². The van der Waals surface area contributed by atoms with Gasteiger partial charge in [0.25, 0.3) is 5.91 Å². The van der Waals surface area contributed by atoms with Crippen LogP contribution in [0.5, 0.6) is 5.75 Å². The number of hydrogen-bond acceptors (Lipinski definition) is 4. The Hall–Kier alpha value is -3.41. The number of rotatable bonds is 5. The summed E-state index contributed by atoms with van der Waals surface area (Å²) in [7, 11) is 1.58. The van der Waals surface area contributed by atoms with E-state index in [4.69, 9.17) is 4.74 Å². The van der Waals surface area contributed by atoms with E-state index in [0.29, 0.717) is 17.1 Å². The maximum absolute atomic E-state index is 13.7. The topological polar surface area (TPSA) is 63.2 Å². The lowest BCUT2D eigenvalue weighted by atomic mass is 10.2. The second kappa shape index (κ2) is 7.44. The van der Waals surface area contributed by atoms with Gasteiger partial charge in [0.1, 0.15) is 17.4 Å². The zero-order valence-corrected chi connectivity index (χ0v) is 13.5. The number of anilines is 3. The number of halogens is 1. The fraction of sp³-hybridized carbons (Fsp3) is 0.0526. The summed E-state index contributed by atoms with van der Waals surface area (Å²) in [5.41, 5.74) is 1.13. The van der Waals surface area contributed by atoms with Gasteiger partial charge in [0.05, 0.1) is 18.4 Å². The first kappa shape index (κ1) is 16.4. The molecule has 0 aliphatic carbocycles. The fourth-order valence-corrected chi connectivity index (χ4v) is 2.28. The van der Waals surface area contributed by atoms with Gasteiger partial charge in [0, 0.05) is 18.0 Å². The highest BCUT2D eigenvalue weighted by Gasteiger charge is 2.14. The molecule has 0 aliphatic rings. The molecule has 1 heterocycles. The monoisotopic (exact) mass is 337 g/mol. The number of aromatic nitrogens is 1. The lowest BCUT2D eigenvalue weighted by molar-refractivity contribution is 0.102. The van der Waals surface area contributed by atoms with Crippen LogP contribution in [0.4, 0.5) is 21.6 Å². The van der Waals surface area contributed by atoms with E-state index < -0.39 is 11.7 Å². The minimum Gasteiger partial charge on any atom is -0.497 e. The van der Waals surface area contributed by atoms with Gasteiger partial charge in [-0.05, 0) is 36.4 Å². The van der Waals surface area contributed by atoms with Crippen LogP contribution in [0.2, 0.25) is 0 Å². The number of benzene rings is 2. The molecule has 1 aromatic heterocycles. The van der Waals surface area contributed by atoms with Crippen LogP contribution >= 0.6 is 0 Å². The molecule has 5 nitrogen and oxygen atoms in total. The minimum absolute atomic E-state index is 0.115. The second-order valence-electron chi connectivity index (χ2n) is 5.19. The molecule has 0 aliphatic heterocycles. The molecule has 2 N–H and O–H groups in total. The van der Waals surface area contributed by atoms with Crippen molar-refractivity contribution in [3.8, 4) is 5.75 Å². The molecule has 25 heavy (non-hydrogen) atoms. The van der Waals surface area contributed by atoms with Crippen LogP contribution in [-0.4, -0.2) is 18.0 Å². The molecule has 0 saturated carbocycles. The molecule has 1 amide bonds. The summed E-state index contributed by atoms with van der Waals surface area (Å²) in [5.74, 6) is 0.0912. The first-order chi connectivity index (χ1) is 12.2. The molecule has 0 fully saturated rings. The van der Waals surface area contributed by atoms with Crippen molar-refractivity contribution in [1.82, 2.24) is 4.98 Å². The van der Waals surface area contributed by atoms with Crippen LogP contribution in [0.3, 0.4) is 0 Å². The molecule has 2 aromatic carbocycles. The largest absolute Gasteiger partial charge is 0.497 e. The van der Waals surface area contributed by atoms with Gasteiger partial charge in [-0.2, -0.15) is 0 Å². The fourth-order valence-electron chi connectivity index (χ4n) is 2.28. The van der Waals surface area contributed by atoms with E-state index in [1.165, 1.54) is 12.1 Å². The van der Waals surface area contributed by atoms with Gasteiger partial charge < -0.3 is 15.4 Å². The lowest BCUT2D eigenvalue weighted by Crippen LogP contribution is -2.15. The zero-order valence-electron chi connectivity index (χ0n) is 13.5. The molecule has 0 saturated heterocycles.